The number of carbonyl (C=O) groups is 2. The minimum atomic E-state index is -4.59. The topological polar surface area (TPSA) is 114 Å². The minimum Gasteiger partial charge on any atom is -0.464 e. The number of amides is 1. The number of rotatable bonds is 20. The van der Waals surface area contributed by atoms with E-state index >= 15 is 0 Å². The molecule has 6 atom stereocenters. The van der Waals surface area contributed by atoms with Crippen molar-refractivity contribution in [2.75, 3.05) is 25.6 Å². The van der Waals surface area contributed by atoms with Crippen molar-refractivity contribution >= 4 is 50.2 Å². The normalized spacial score (nSPS) is 18.5. The Morgan fingerprint density at radius 1 is 1.02 bits per heavy atom. The molecule has 1 saturated heterocycles. The van der Waals surface area contributed by atoms with E-state index in [4.69, 9.17) is 40.0 Å². The molecular formula is C43H62ClF3N2O8S. The molecule has 0 radical (unpaired) electrons. The maximum Gasteiger partial charge on any atom is 0.416 e. The Hall–Kier alpha value is -3.01. The highest BCUT2D eigenvalue weighted by molar-refractivity contribution is 7.22. The molecule has 2 heterocycles. The summed E-state index contributed by atoms with van der Waals surface area (Å²) in [6.45, 7) is 16.7. The van der Waals surface area contributed by atoms with Gasteiger partial charge in [0.15, 0.2) is 5.13 Å². The molecule has 326 valence electrons. The molecule has 0 saturated carbocycles. The second-order valence-electron chi connectivity index (χ2n) is 14.9. The second kappa shape index (κ2) is 24.3. The van der Waals surface area contributed by atoms with Gasteiger partial charge in [0.1, 0.15) is 11.9 Å². The first-order valence-electron chi connectivity index (χ1n) is 20.4. The maximum atomic E-state index is 13.7. The van der Waals surface area contributed by atoms with Crippen molar-refractivity contribution in [3.05, 3.63) is 51.5 Å². The first-order valence-corrected chi connectivity index (χ1v) is 21.6. The Bertz CT molecular complexity index is 1730. The van der Waals surface area contributed by atoms with E-state index in [1.807, 2.05) is 6.92 Å². The monoisotopic (exact) mass is 858 g/mol. The summed E-state index contributed by atoms with van der Waals surface area (Å²) in [5, 5.41) is 3.10. The Labute approximate surface area is 350 Å². The van der Waals surface area contributed by atoms with Crippen LogP contribution >= 0.6 is 22.9 Å². The Kier molecular flexibility index (Phi) is 20.7. The number of aromatic nitrogens is 1. The van der Waals surface area contributed by atoms with Gasteiger partial charge < -0.3 is 28.4 Å². The van der Waals surface area contributed by atoms with Crippen molar-refractivity contribution in [2.24, 2.45) is 5.92 Å². The predicted molar refractivity (Wildman–Crippen MR) is 223 cm³/mol. The zero-order chi connectivity index (χ0) is 43.0. The van der Waals surface area contributed by atoms with Gasteiger partial charge in [-0.3, -0.25) is 14.9 Å². The fourth-order valence-corrected chi connectivity index (χ4v) is 7.69. The number of halogens is 4. The van der Waals surface area contributed by atoms with E-state index in [-0.39, 0.29) is 64.6 Å². The molecule has 3 aromatic rings. The average molecular weight is 859 g/mol. The van der Waals surface area contributed by atoms with E-state index in [9.17, 15) is 22.8 Å². The first-order chi connectivity index (χ1) is 27.5. The predicted octanol–water partition coefficient (Wildman–Crippen LogP) is 11.6. The lowest BCUT2D eigenvalue weighted by Gasteiger charge is -2.35. The fraction of sp³-hybridized carbons (Fsp3) is 0.651. The van der Waals surface area contributed by atoms with Gasteiger partial charge in [0.25, 0.3) is 5.91 Å². The molecule has 1 N–H and O–H groups in total. The summed E-state index contributed by atoms with van der Waals surface area (Å²) >= 11 is 7.31. The molecule has 2 aromatic carbocycles. The third-order valence-corrected chi connectivity index (χ3v) is 11.0. The van der Waals surface area contributed by atoms with Crippen LogP contribution in [0.2, 0.25) is 5.02 Å². The van der Waals surface area contributed by atoms with Gasteiger partial charge in [-0.05, 0) is 75.3 Å². The van der Waals surface area contributed by atoms with Crippen LogP contribution in [0.25, 0.3) is 10.2 Å². The first kappa shape index (κ1) is 49.4. The van der Waals surface area contributed by atoms with Crippen LogP contribution in [0.3, 0.4) is 0 Å². The molecule has 1 aromatic heterocycles. The number of nitrogens with one attached hydrogen (secondary N) is 1. The molecule has 0 aliphatic carbocycles. The summed E-state index contributed by atoms with van der Waals surface area (Å²) in [6, 6.07) is 5.15. The van der Waals surface area contributed by atoms with E-state index in [1.54, 1.807) is 6.07 Å². The van der Waals surface area contributed by atoms with Crippen molar-refractivity contribution < 1.29 is 51.2 Å². The number of anilines is 1. The summed E-state index contributed by atoms with van der Waals surface area (Å²) in [5.74, 6) is 0.0301. The highest BCUT2D eigenvalue weighted by Crippen LogP contribution is 2.38. The number of fused-ring (bicyclic) bond motifs is 1. The fourth-order valence-electron chi connectivity index (χ4n) is 6.50. The maximum absolute atomic E-state index is 13.7. The largest absolute Gasteiger partial charge is 0.464 e. The zero-order valence-electron chi connectivity index (χ0n) is 35.4. The highest BCUT2D eigenvalue weighted by Gasteiger charge is 2.35. The standard InChI is InChI=1S/C32H38ClF3N2O7S.C11H24O/c1-5-7-8-23-15-24(43-18(3)39)16-27(44-23)45-29-19(6-2)12-22(33)14-25(29)30(40)38-31-37-28-20(17-42-10-9-41-4)11-21(32(34,35)36)13-26(28)46-31;1-6-9(3)8-11(5)12-10(4)7-2/h11-14,23-24,27H,5-10,15-17H2,1-4H3,(H,37,38,40);9-11H,6-8H2,1-5H3. The number of thiazole rings is 1. The number of hydrogen-bond donors (Lipinski definition) is 1. The number of esters is 1. The Morgan fingerprint density at radius 2 is 1.76 bits per heavy atom. The lowest BCUT2D eigenvalue weighted by atomic mass is 10.00. The number of benzene rings is 2. The summed E-state index contributed by atoms with van der Waals surface area (Å²) in [5.41, 5.74) is 0.420. The van der Waals surface area contributed by atoms with Crippen LogP contribution in [0.4, 0.5) is 18.3 Å². The lowest BCUT2D eigenvalue weighted by Crippen LogP contribution is -2.41. The molecule has 0 spiro atoms. The smallest absolute Gasteiger partial charge is 0.416 e. The number of methoxy groups -OCH3 is 1. The van der Waals surface area contributed by atoms with Gasteiger partial charge in [-0.1, -0.05) is 76.8 Å². The molecule has 6 unspecified atom stereocenters. The summed E-state index contributed by atoms with van der Waals surface area (Å²) in [6.07, 6.45) is 2.35. The third-order valence-electron chi connectivity index (χ3n) is 9.82. The number of hydrogen-bond acceptors (Lipinski definition) is 10. The molecule has 1 aliphatic rings. The van der Waals surface area contributed by atoms with Gasteiger partial charge in [0, 0.05) is 37.5 Å². The Morgan fingerprint density at radius 3 is 2.38 bits per heavy atom. The molecule has 1 amide bonds. The number of alkyl halides is 3. The van der Waals surface area contributed by atoms with Crippen molar-refractivity contribution in [1.29, 1.82) is 0 Å². The molecule has 4 rings (SSSR count). The number of carbonyl (C=O) groups excluding carboxylic acids is 2. The van der Waals surface area contributed by atoms with E-state index in [2.05, 4.69) is 51.8 Å². The number of ether oxygens (including phenoxy) is 6. The van der Waals surface area contributed by atoms with Crippen LogP contribution < -0.4 is 10.1 Å². The minimum absolute atomic E-state index is 0.0879. The van der Waals surface area contributed by atoms with Crippen molar-refractivity contribution in [1.82, 2.24) is 4.98 Å². The van der Waals surface area contributed by atoms with Gasteiger partial charge >= 0.3 is 12.1 Å². The molecule has 1 fully saturated rings. The molecule has 10 nitrogen and oxygen atoms in total. The number of aryl methyl sites for hydroxylation is 1. The van der Waals surface area contributed by atoms with Crippen LogP contribution in [0.5, 0.6) is 5.75 Å². The quantitative estimate of drug-likeness (QED) is 0.0876. The van der Waals surface area contributed by atoms with E-state index in [0.29, 0.717) is 35.6 Å². The van der Waals surface area contributed by atoms with Crippen LogP contribution in [-0.4, -0.2) is 67.9 Å². The van der Waals surface area contributed by atoms with Crippen LogP contribution in [-0.2, 0) is 47.7 Å². The third kappa shape index (κ3) is 15.9. The van der Waals surface area contributed by atoms with Gasteiger partial charge in [-0.15, -0.1) is 0 Å². The van der Waals surface area contributed by atoms with Gasteiger partial charge in [0.2, 0.25) is 6.29 Å². The van der Waals surface area contributed by atoms with Crippen molar-refractivity contribution in [2.45, 2.75) is 157 Å². The van der Waals surface area contributed by atoms with Gasteiger partial charge in [-0.25, -0.2) is 4.98 Å². The second-order valence-corrected chi connectivity index (χ2v) is 16.3. The number of unbranched alkanes of at least 4 members (excludes halogenated alkanes) is 1. The summed E-state index contributed by atoms with van der Waals surface area (Å²) in [7, 11) is 1.49. The average Bonchev–Trinajstić information content (AvgIpc) is 3.58. The van der Waals surface area contributed by atoms with Crippen LogP contribution in [0.15, 0.2) is 24.3 Å². The van der Waals surface area contributed by atoms with Gasteiger partial charge in [-0.2, -0.15) is 13.2 Å². The summed E-state index contributed by atoms with van der Waals surface area (Å²) < 4.78 is 75.6. The van der Waals surface area contributed by atoms with E-state index < -0.39 is 36.0 Å². The van der Waals surface area contributed by atoms with Crippen LogP contribution in [0.1, 0.15) is 134 Å². The van der Waals surface area contributed by atoms with E-state index in [1.165, 1.54) is 32.9 Å². The molecule has 58 heavy (non-hydrogen) atoms. The lowest BCUT2D eigenvalue weighted by molar-refractivity contribution is -0.191. The summed E-state index contributed by atoms with van der Waals surface area (Å²) in [4.78, 5) is 29.9. The highest BCUT2D eigenvalue weighted by atomic mass is 35.5. The van der Waals surface area contributed by atoms with Crippen molar-refractivity contribution in [3.63, 3.8) is 0 Å². The SMILES string of the molecule is CCC(C)CC(C)OC(C)CC.CCCCC1CC(OC(C)=O)CC(Oc2c(CC)cc(Cl)cc2C(=O)Nc2nc3c(COCCOC)cc(C(F)(F)F)cc3s2)O1. The molecule has 15 heteroatoms. The van der Waals surface area contributed by atoms with Crippen molar-refractivity contribution in [3.8, 4) is 5.75 Å². The molecular weight excluding hydrogens is 797 g/mol. The van der Waals surface area contributed by atoms with E-state index in [0.717, 1.165) is 55.1 Å². The van der Waals surface area contributed by atoms with Crippen LogP contribution in [0, 0.1) is 5.92 Å². The van der Waals surface area contributed by atoms with Gasteiger partial charge in [0.05, 0.1) is 59.5 Å². The Balaban J connectivity index is 0.000000648. The molecule has 0 bridgehead atoms. The molecule has 1 aliphatic heterocycles. The zero-order valence-corrected chi connectivity index (χ0v) is 37.0. The number of nitrogens with zero attached hydrogens (tertiary/aromatic N) is 1.